The first kappa shape index (κ1) is 78.1. The van der Waals surface area contributed by atoms with Gasteiger partial charge in [-0.05, 0) is 83.5 Å². The summed E-state index contributed by atoms with van der Waals surface area (Å²) in [5.74, 6) is -0.862. The monoisotopic (exact) mass is 1130 g/mol. The van der Waals surface area contributed by atoms with Crippen molar-refractivity contribution in [2.75, 3.05) is 13.2 Å². The highest BCUT2D eigenvalue weighted by Crippen LogP contribution is 2.18. The fraction of sp³-hybridized carbons (Fsp3) is 0.827. The molecule has 0 radical (unpaired) electrons. The molecule has 1 unspecified atom stereocenters. The molecule has 0 spiro atoms. The molecule has 0 aliphatic carbocycles. The predicted molar refractivity (Wildman–Crippen MR) is 353 cm³/mol. The number of hydrogen-bond acceptors (Lipinski definition) is 6. The predicted octanol–water partition coefficient (Wildman–Crippen LogP) is 24.7. The van der Waals surface area contributed by atoms with Crippen molar-refractivity contribution in [2.24, 2.45) is 0 Å². The molecular weight excluding hydrogens is 997 g/mol. The van der Waals surface area contributed by atoms with E-state index < -0.39 is 6.10 Å². The van der Waals surface area contributed by atoms with Gasteiger partial charge in [-0.3, -0.25) is 14.4 Å². The van der Waals surface area contributed by atoms with Crippen molar-refractivity contribution in [3.05, 3.63) is 60.8 Å². The molecule has 0 aliphatic heterocycles. The van der Waals surface area contributed by atoms with Crippen LogP contribution in [-0.4, -0.2) is 37.2 Å². The van der Waals surface area contributed by atoms with Gasteiger partial charge in [0, 0.05) is 19.3 Å². The minimum Gasteiger partial charge on any atom is -0.462 e. The quantitative estimate of drug-likeness (QED) is 0.0261. The summed E-state index contributed by atoms with van der Waals surface area (Å²) in [6, 6.07) is 0. The first-order chi connectivity index (χ1) is 40.0. The normalized spacial score (nSPS) is 12.4. The minimum absolute atomic E-state index is 0.0729. The third-order valence-electron chi connectivity index (χ3n) is 16.0. The lowest BCUT2D eigenvalue weighted by Crippen LogP contribution is -2.30. The van der Waals surface area contributed by atoms with Crippen LogP contribution in [-0.2, 0) is 28.6 Å². The van der Waals surface area contributed by atoms with Crippen molar-refractivity contribution in [3.63, 3.8) is 0 Å². The van der Waals surface area contributed by atoms with Crippen molar-refractivity contribution < 1.29 is 28.6 Å². The number of hydrogen-bond donors (Lipinski definition) is 0. The molecule has 0 amide bonds. The molecule has 0 saturated heterocycles. The van der Waals surface area contributed by atoms with Crippen molar-refractivity contribution in [1.82, 2.24) is 0 Å². The maximum atomic E-state index is 12.9. The van der Waals surface area contributed by atoms with Crippen LogP contribution in [0.3, 0.4) is 0 Å². The van der Waals surface area contributed by atoms with Crippen LogP contribution in [0.4, 0.5) is 0 Å². The summed E-state index contributed by atoms with van der Waals surface area (Å²) in [5.41, 5.74) is 0. The Balaban J connectivity index is 4.06. The summed E-state index contributed by atoms with van der Waals surface area (Å²) in [4.78, 5) is 38.3. The van der Waals surface area contributed by atoms with E-state index in [4.69, 9.17) is 14.2 Å². The number of unbranched alkanes of at least 4 members (excludes halogenated alkanes) is 45. The van der Waals surface area contributed by atoms with Gasteiger partial charge in [0.1, 0.15) is 13.2 Å². The molecule has 6 heteroatoms. The maximum absolute atomic E-state index is 12.9. The summed E-state index contributed by atoms with van der Waals surface area (Å²) in [6.07, 6.45) is 89.9. The second-order valence-corrected chi connectivity index (χ2v) is 24.1. The molecular formula is C75H136O6. The van der Waals surface area contributed by atoms with E-state index in [2.05, 4.69) is 81.5 Å². The van der Waals surface area contributed by atoms with Crippen molar-refractivity contribution in [3.8, 4) is 0 Å². The van der Waals surface area contributed by atoms with E-state index in [-0.39, 0.29) is 31.1 Å². The first-order valence-electron chi connectivity index (χ1n) is 35.8. The second kappa shape index (κ2) is 69.6. The van der Waals surface area contributed by atoms with Crippen LogP contribution in [0.1, 0.15) is 380 Å². The molecule has 472 valence electrons. The Morgan fingerprint density at radius 3 is 0.765 bits per heavy atom. The number of esters is 3. The van der Waals surface area contributed by atoms with Gasteiger partial charge in [-0.2, -0.15) is 0 Å². The van der Waals surface area contributed by atoms with Crippen LogP contribution in [0.2, 0.25) is 0 Å². The van der Waals surface area contributed by atoms with Gasteiger partial charge >= 0.3 is 17.9 Å². The van der Waals surface area contributed by atoms with E-state index in [0.29, 0.717) is 19.3 Å². The average molecular weight is 1130 g/mol. The van der Waals surface area contributed by atoms with Gasteiger partial charge in [-0.15, -0.1) is 0 Å². The molecule has 0 aromatic heterocycles. The van der Waals surface area contributed by atoms with Crippen LogP contribution >= 0.6 is 0 Å². The Morgan fingerprint density at radius 2 is 0.481 bits per heavy atom. The molecule has 0 heterocycles. The molecule has 81 heavy (non-hydrogen) atoms. The number of carbonyl (C=O) groups is 3. The van der Waals surface area contributed by atoms with E-state index in [9.17, 15) is 14.4 Å². The van der Waals surface area contributed by atoms with Crippen molar-refractivity contribution >= 4 is 17.9 Å². The summed E-state index contributed by atoms with van der Waals surface area (Å²) in [7, 11) is 0. The highest BCUT2D eigenvalue weighted by atomic mass is 16.6. The van der Waals surface area contributed by atoms with Gasteiger partial charge in [0.2, 0.25) is 0 Å². The molecule has 0 bridgehead atoms. The number of allylic oxidation sites excluding steroid dienone is 10. The second-order valence-electron chi connectivity index (χ2n) is 24.1. The van der Waals surface area contributed by atoms with Crippen LogP contribution in [0.25, 0.3) is 0 Å². The topological polar surface area (TPSA) is 78.9 Å². The van der Waals surface area contributed by atoms with Crippen molar-refractivity contribution in [1.29, 1.82) is 0 Å². The zero-order valence-corrected chi connectivity index (χ0v) is 54.3. The Bertz CT molecular complexity index is 1440. The van der Waals surface area contributed by atoms with Crippen LogP contribution in [0.5, 0.6) is 0 Å². The Labute approximate surface area is 504 Å². The summed E-state index contributed by atoms with van der Waals surface area (Å²) in [6.45, 7) is 6.55. The molecule has 0 aromatic rings. The Morgan fingerprint density at radius 1 is 0.259 bits per heavy atom. The molecule has 0 rings (SSSR count). The standard InChI is InChI=1S/C75H136O6/c1-4-7-10-13-16-19-21-23-25-27-29-31-32-33-34-35-36-37-38-39-40-41-42-44-45-47-49-51-53-56-59-62-65-68-74(77)80-71-72(70-79-73(76)67-64-61-58-55-18-15-12-9-6-3)81-75(78)69-66-63-60-57-54-52-50-48-46-43-30-28-26-24-22-20-17-14-11-8-5-2/h8,11,17,20,24,26-27,29-30,43,72H,4-7,9-10,12-16,18-19,21-23,25,28,31-42,44-71H2,1-3H3/b11-8-,20-17-,26-24-,29-27-,43-30-. The van der Waals surface area contributed by atoms with Gasteiger partial charge in [0.25, 0.3) is 0 Å². The van der Waals surface area contributed by atoms with Gasteiger partial charge in [0.15, 0.2) is 6.10 Å². The Hall–Kier alpha value is -2.89. The number of rotatable bonds is 66. The third kappa shape index (κ3) is 67.8. The first-order valence-corrected chi connectivity index (χ1v) is 35.8. The largest absolute Gasteiger partial charge is 0.462 e. The molecule has 0 saturated carbocycles. The van der Waals surface area contributed by atoms with Gasteiger partial charge < -0.3 is 14.2 Å². The van der Waals surface area contributed by atoms with Gasteiger partial charge in [-0.25, -0.2) is 0 Å². The lowest BCUT2D eigenvalue weighted by molar-refractivity contribution is -0.167. The van der Waals surface area contributed by atoms with Gasteiger partial charge in [-0.1, -0.05) is 338 Å². The summed E-state index contributed by atoms with van der Waals surface area (Å²) >= 11 is 0. The molecule has 1 atom stereocenters. The summed E-state index contributed by atoms with van der Waals surface area (Å²) in [5, 5.41) is 0. The highest BCUT2D eigenvalue weighted by molar-refractivity contribution is 5.71. The van der Waals surface area contributed by atoms with Crippen molar-refractivity contribution in [2.45, 2.75) is 386 Å². The smallest absolute Gasteiger partial charge is 0.306 e. The molecule has 0 aliphatic rings. The Kier molecular flexibility index (Phi) is 67.1. The van der Waals surface area contributed by atoms with E-state index in [1.165, 1.54) is 250 Å². The molecule has 0 N–H and O–H groups in total. The number of carbonyl (C=O) groups excluding carboxylic acids is 3. The highest BCUT2D eigenvalue weighted by Gasteiger charge is 2.19. The molecule has 0 aromatic carbocycles. The molecule has 0 fully saturated rings. The maximum Gasteiger partial charge on any atom is 0.306 e. The SMILES string of the molecule is CC/C=C\C/C=C\C/C=C\C/C=C\CCCCCCCCCCC(=O)OC(COC(=O)CCCCCCCCCCC)COC(=O)CCCCCCCCCCCCCCCCCCCCCCC/C=C\CCCCCCCCCC. The third-order valence-corrected chi connectivity index (χ3v) is 16.0. The minimum atomic E-state index is -0.776. The van der Waals surface area contributed by atoms with Crippen LogP contribution in [0.15, 0.2) is 60.8 Å². The van der Waals surface area contributed by atoms with E-state index in [1.54, 1.807) is 0 Å². The van der Waals surface area contributed by atoms with Crippen LogP contribution in [0, 0.1) is 0 Å². The lowest BCUT2D eigenvalue weighted by atomic mass is 10.0. The fourth-order valence-electron chi connectivity index (χ4n) is 10.7. The zero-order valence-electron chi connectivity index (χ0n) is 54.3. The van der Waals surface area contributed by atoms with Crippen LogP contribution < -0.4 is 0 Å². The van der Waals surface area contributed by atoms with Gasteiger partial charge in [0.05, 0.1) is 0 Å². The van der Waals surface area contributed by atoms with E-state index >= 15 is 0 Å². The molecule has 6 nitrogen and oxygen atoms in total. The van der Waals surface area contributed by atoms with E-state index in [0.717, 1.165) is 89.9 Å². The average Bonchev–Trinajstić information content (AvgIpc) is 3.47. The summed E-state index contributed by atoms with van der Waals surface area (Å²) < 4.78 is 16.9. The van der Waals surface area contributed by atoms with E-state index in [1.807, 2.05) is 0 Å². The number of ether oxygens (including phenoxy) is 3. The lowest BCUT2D eigenvalue weighted by Gasteiger charge is -2.18. The fourth-order valence-corrected chi connectivity index (χ4v) is 10.7. The zero-order chi connectivity index (χ0) is 58.5.